The van der Waals surface area contributed by atoms with E-state index in [2.05, 4.69) is 16.5 Å². The van der Waals surface area contributed by atoms with Gasteiger partial charge in [0, 0.05) is 25.1 Å². The third-order valence-corrected chi connectivity index (χ3v) is 5.68. The number of hydrazone groups is 1. The number of amides is 2. The van der Waals surface area contributed by atoms with Crippen LogP contribution in [-0.2, 0) is 16.0 Å². The first kappa shape index (κ1) is 25.2. The summed E-state index contributed by atoms with van der Waals surface area (Å²) in [6.07, 6.45) is 2.17. The number of nitrogens with zero attached hydrogens (tertiary/aromatic N) is 3. The van der Waals surface area contributed by atoms with Crippen LogP contribution in [0.1, 0.15) is 37.0 Å². The van der Waals surface area contributed by atoms with E-state index in [1.54, 1.807) is 26.1 Å². The van der Waals surface area contributed by atoms with Gasteiger partial charge in [-0.25, -0.2) is 0 Å². The van der Waals surface area contributed by atoms with Crippen molar-refractivity contribution in [1.82, 2.24) is 4.90 Å². The second-order valence-corrected chi connectivity index (χ2v) is 7.99. The smallest absolute Gasteiger partial charge is 0.251 e. The van der Waals surface area contributed by atoms with E-state index < -0.39 is 6.04 Å². The van der Waals surface area contributed by atoms with Crippen molar-refractivity contribution in [2.24, 2.45) is 10.9 Å². The Hall–Kier alpha value is -4.44. The lowest BCUT2D eigenvalue weighted by molar-refractivity contribution is -0.144. The summed E-state index contributed by atoms with van der Waals surface area (Å²) >= 11 is 0. The number of hydrogen-bond donors (Lipinski definition) is 2. The first-order valence-electron chi connectivity index (χ1n) is 11.5. The molecular formula is C28H29N5O2. The molecule has 0 aliphatic heterocycles. The average molecular weight is 468 g/mol. The Morgan fingerprint density at radius 3 is 2.49 bits per heavy atom. The first-order valence-corrected chi connectivity index (χ1v) is 11.5. The molecule has 0 saturated carbocycles. The summed E-state index contributed by atoms with van der Waals surface area (Å²) in [6, 6.07) is 24.1. The van der Waals surface area contributed by atoms with Crippen LogP contribution in [0, 0.1) is 11.3 Å². The van der Waals surface area contributed by atoms with Crippen molar-refractivity contribution in [2.45, 2.75) is 32.7 Å². The van der Waals surface area contributed by atoms with Crippen molar-refractivity contribution < 1.29 is 9.59 Å². The van der Waals surface area contributed by atoms with Gasteiger partial charge >= 0.3 is 0 Å². The second kappa shape index (κ2) is 12.1. The van der Waals surface area contributed by atoms with E-state index in [9.17, 15) is 14.9 Å². The molecule has 0 fully saturated rings. The van der Waals surface area contributed by atoms with Gasteiger partial charge in [0.05, 0.1) is 17.8 Å². The Morgan fingerprint density at radius 1 is 1.09 bits per heavy atom. The van der Waals surface area contributed by atoms with Gasteiger partial charge in [-0.3, -0.25) is 14.5 Å². The van der Waals surface area contributed by atoms with Gasteiger partial charge in [0.15, 0.2) is 0 Å². The minimum absolute atomic E-state index is 0.211. The number of carbonyl (C=O) groups is 2. The van der Waals surface area contributed by atoms with Gasteiger partial charge in [0.2, 0.25) is 5.91 Å². The van der Waals surface area contributed by atoms with Gasteiger partial charge in [-0.1, -0.05) is 61.5 Å². The van der Waals surface area contributed by atoms with Crippen molar-refractivity contribution >= 4 is 23.7 Å². The number of imide groups is 1. The summed E-state index contributed by atoms with van der Waals surface area (Å²) < 4.78 is 0. The summed E-state index contributed by atoms with van der Waals surface area (Å²) in [5.74, 6) is 4.79. The molecule has 35 heavy (non-hydrogen) atoms. The fourth-order valence-electron chi connectivity index (χ4n) is 3.94. The molecule has 7 heteroatoms. The number of nitrogens with one attached hydrogen (secondary N) is 1. The molecule has 3 aromatic carbocycles. The molecule has 0 unspecified atom stereocenters. The molecule has 3 rings (SSSR count). The highest BCUT2D eigenvalue weighted by atomic mass is 16.2. The van der Waals surface area contributed by atoms with Crippen LogP contribution < -0.4 is 11.2 Å². The van der Waals surface area contributed by atoms with E-state index in [1.165, 1.54) is 4.90 Å². The van der Waals surface area contributed by atoms with Crippen LogP contribution >= 0.6 is 0 Å². The van der Waals surface area contributed by atoms with E-state index in [4.69, 9.17) is 5.84 Å². The molecule has 0 aromatic heterocycles. The third kappa shape index (κ3) is 6.33. The Bertz CT molecular complexity index is 1240. The van der Waals surface area contributed by atoms with Crippen LogP contribution in [0.5, 0.6) is 0 Å². The number of carbonyl (C=O) groups excluding carboxylic acids is 2. The first-order chi connectivity index (χ1) is 17.0. The number of benzene rings is 3. The summed E-state index contributed by atoms with van der Waals surface area (Å²) in [4.78, 5) is 27.1. The van der Waals surface area contributed by atoms with E-state index in [0.717, 1.165) is 27.9 Å². The number of nitrogens with two attached hydrogens (primary N) is 1. The third-order valence-electron chi connectivity index (χ3n) is 5.68. The van der Waals surface area contributed by atoms with E-state index in [-0.39, 0.29) is 18.2 Å². The Kier molecular flexibility index (Phi) is 8.74. The predicted molar refractivity (Wildman–Crippen MR) is 139 cm³/mol. The minimum Gasteiger partial charge on any atom is -0.373 e. The largest absolute Gasteiger partial charge is 0.373 e. The van der Waals surface area contributed by atoms with Crippen molar-refractivity contribution in [3.63, 3.8) is 0 Å². The quantitative estimate of drug-likeness (QED) is 0.276. The maximum atomic E-state index is 13.4. The van der Waals surface area contributed by atoms with Crippen molar-refractivity contribution in [3.05, 3.63) is 89.5 Å². The summed E-state index contributed by atoms with van der Waals surface area (Å²) in [7, 11) is 0. The van der Waals surface area contributed by atoms with Crippen LogP contribution in [0.2, 0.25) is 0 Å². The molecule has 0 heterocycles. The molecule has 0 aliphatic carbocycles. The van der Waals surface area contributed by atoms with Gasteiger partial charge < -0.3 is 11.2 Å². The lowest BCUT2D eigenvalue weighted by Gasteiger charge is -2.26. The van der Waals surface area contributed by atoms with Gasteiger partial charge in [-0.2, -0.15) is 10.4 Å². The van der Waals surface area contributed by atoms with Gasteiger partial charge in [0.1, 0.15) is 6.04 Å². The molecule has 7 nitrogen and oxygen atoms in total. The topological polar surface area (TPSA) is 112 Å². The zero-order valence-electron chi connectivity index (χ0n) is 19.9. The Balaban J connectivity index is 1.90. The summed E-state index contributed by atoms with van der Waals surface area (Å²) in [5.41, 5.74) is 4.82. The summed E-state index contributed by atoms with van der Waals surface area (Å²) in [6.45, 7) is 3.84. The molecule has 1 atom stereocenters. The highest BCUT2D eigenvalue weighted by Gasteiger charge is 2.27. The molecule has 0 aliphatic rings. The number of rotatable bonds is 9. The maximum absolute atomic E-state index is 13.4. The second-order valence-electron chi connectivity index (χ2n) is 7.99. The molecule has 0 radical (unpaired) electrons. The Labute approximate surface area is 205 Å². The van der Waals surface area contributed by atoms with Crippen LogP contribution in [0.25, 0.3) is 11.1 Å². The molecule has 2 amide bonds. The van der Waals surface area contributed by atoms with Crippen LogP contribution in [-0.4, -0.2) is 35.5 Å². The fourth-order valence-corrected chi connectivity index (χ4v) is 3.94. The fraction of sp³-hybridized carbons (Fsp3) is 0.214. The average Bonchev–Trinajstić information content (AvgIpc) is 2.89. The zero-order valence-corrected chi connectivity index (χ0v) is 19.9. The van der Waals surface area contributed by atoms with E-state index >= 15 is 0 Å². The predicted octanol–water partition coefficient (Wildman–Crippen LogP) is 4.33. The van der Waals surface area contributed by atoms with Crippen LogP contribution in [0.15, 0.2) is 77.9 Å². The standard InChI is InChI=1S/C28H29N5O2/c1-3-27(34)33(4-2)28(35)26(17-20-8-7-9-21(16-20)19-31-30)32-24-14-12-22(13-15-24)25-11-6-5-10-23(25)18-29/h5-16,19,26,32H,3-4,17,30H2,1-2H3/t26-/m0/s1. The zero-order chi connectivity index (χ0) is 25.2. The van der Waals surface area contributed by atoms with Crippen LogP contribution in [0.4, 0.5) is 5.69 Å². The van der Waals surface area contributed by atoms with Gasteiger partial charge in [-0.05, 0) is 47.4 Å². The van der Waals surface area contributed by atoms with E-state index in [0.29, 0.717) is 18.5 Å². The monoisotopic (exact) mass is 467 g/mol. The number of nitriles is 1. The molecule has 0 saturated heterocycles. The van der Waals surface area contributed by atoms with Crippen molar-refractivity contribution in [2.75, 3.05) is 11.9 Å². The molecule has 0 spiro atoms. The normalized spacial score (nSPS) is 11.6. The lowest BCUT2D eigenvalue weighted by Crippen LogP contribution is -2.46. The Morgan fingerprint density at radius 2 is 1.83 bits per heavy atom. The highest BCUT2D eigenvalue weighted by molar-refractivity contribution is 5.99. The lowest BCUT2D eigenvalue weighted by atomic mass is 9.99. The minimum atomic E-state index is -0.659. The van der Waals surface area contributed by atoms with Crippen molar-refractivity contribution in [1.29, 1.82) is 5.26 Å². The number of hydrogen-bond acceptors (Lipinski definition) is 6. The number of likely N-dealkylation sites (N-methyl/N-ethyl adjacent to an activating group) is 1. The number of anilines is 1. The van der Waals surface area contributed by atoms with Gasteiger partial charge in [0.25, 0.3) is 5.91 Å². The maximum Gasteiger partial charge on any atom is 0.251 e. The summed E-state index contributed by atoms with van der Waals surface area (Å²) in [5, 5.41) is 16.3. The molecule has 0 bridgehead atoms. The van der Waals surface area contributed by atoms with E-state index in [1.807, 2.05) is 66.7 Å². The molecular weight excluding hydrogens is 438 g/mol. The van der Waals surface area contributed by atoms with Gasteiger partial charge in [-0.15, -0.1) is 0 Å². The molecule has 3 aromatic rings. The van der Waals surface area contributed by atoms with Crippen molar-refractivity contribution in [3.8, 4) is 17.2 Å². The molecule has 178 valence electrons. The molecule has 3 N–H and O–H groups in total. The van der Waals surface area contributed by atoms with Crippen LogP contribution in [0.3, 0.4) is 0 Å². The highest BCUT2D eigenvalue weighted by Crippen LogP contribution is 2.25. The SMILES string of the molecule is CCC(=O)N(CC)C(=O)[C@H](Cc1cccc(C=NN)c1)Nc1ccc(-c2ccccc2C#N)cc1.